The highest BCUT2D eigenvalue weighted by molar-refractivity contribution is 6.08. The number of anilines is 1. The quantitative estimate of drug-likeness (QED) is 0.740. The van der Waals surface area contributed by atoms with Crippen LogP contribution in [-0.4, -0.2) is 44.0 Å². The number of aromatic carboxylic acids is 1. The topological polar surface area (TPSA) is 130 Å². The van der Waals surface area contributed by atoms with Crippen LogP contribution in [0.1, 0.15) is 26.7 Å². The van der Waals surface area contributed by atoms with E-state index in [9.17, 15) is 9.59 Å². The van der Waals surface area contributed by atoms with E-state index in [1.165, 1.54) is 7.11 Å². The van der Waals surface area contributed by atoms with Gasteiger partial charge in [-0.2, -0.15) is 4.98 Å². The van der Waals surface area contributed by atoms with Crippen LogP contribution in [0.3, 0.4) is 0 Å². The standard InChI is InChI=1S/C11H11N5O4/c1-5-3-6(20-2)15-11(14-5)16-9(17)7-8(10(18)19)13-4-12-7/h3-4H,1-2H3,(H,12,13)(H,18,19)(H,14,15,16,17). The second-order valence-electron chi connectivity index (χ2n) is 3.76. The maximum absolute atomic E-state index is 11.9. The summed E-state index contributed by atoms with van der Waals surface area (Å²) in [7, 11) is 1.43. The van der Waals surface area contributed by atoms with Gasteiger partial charge in [0.2, 0.25) is 11.8 Å². The first-order valence-corrected chi connectivity index (χ1v) is 5.49. The number of nitrogens with zero attached hydrogens (tertiary/aromatic N) is 3. The summed E-state index contributed by atoms with van der Waals surface area (Å²) in [4.78, 5) is 36.8. The second-order valence-corrected chi connectivity index (χ2v) is 3.76. The number of methoxy groups -OCH3 is 1. The van der Waals surface area contributed by atoms with Crippen LogP contribution < -0.4 is 10.1 Å². The van der Waals surface area contributed by atoms with E-state index in [4.69, 9.17) is 9.84 Å². The zero-order chi connectivity index (χ0) is 14.7. The number of aromatic nitrogens is 4. The number of hydrogen-bond acceptors (Lipinski definition) is 6. The van der Waals surface area contributed by atoms with Crippen molar-refractivity contribution in [2.24, 2.45) is 0 Å². The predicted octanol–water partition coefficient (Wildman–Crippen LogP) is 0.467. The van der Waals surface area contributed by atoms with E-state index in [-0.39, 0.29) is 23.2 Å². The molecule has 1 amide bonds. The summed E-state index contributed by atoms with van der Waals surface area (Å²) in [6.45, 7) is 1.71. The molecule has 0 saturated heterocycles. The fourth-order valence-electron chi connectivity index (χ4n) is 1.49. The molecule has 0 aliphatic carbocycles. The lowest BCUT2D eigenvalue weighted by molar-refractivity contribution is 0.0686. The van der Waals surface area contributed by atoms with E-state index in [1.807, 2.05) is 0 Å². The Labute approximate surface area is 113 Å². The van der Waals surface area contributed by atoms with Crippen molar-refractivity contribution in [1.29, 1.82) is 0 Å². The van der Waals surface area contributed by atoms with Crippen LogP contribution in [-0.2, 0) is 0 Å². The minimum absolute atomic E-state index is 0.00573. The molecule has 3 N–H and O–H groups in total. The number of rotatable bonds is 4. The number of H-pyrrole nitrogens is 1. The average Bonchev–Trinajstić information content (AvgIpc) is 2.87. The summed E-state index contributed by atoms with van der Waals surface area (Å²) in [5, 5.41) is 11.3. The Morgan fingerprint density at radius 3 is 2.80 bits per heavy atom. The molecule has 2 rings (SSSR count). The highest BCUT2D eigenvalue weighted by Crippen LogP contribution is 2.12. The average molecular weight is 277 g/mol. The van der Waals surface area contributed by atoms with Gasteiger partial charge in [-0.15, -0.1) is 0 Å². The molecule has 0 aromatic carbocycles. The zero-order valence-corrected chi connectivity index (χ0v) is 10.7. The Kier molecular flexibility index (Phi) is 3.60. The molecule has 20 heavy (non-hydrogen) atoms. The fraction of sp³-hybridized carbons (Fsp3) is 0.182. The minimum atomic E-state index is -1.28. The molecular weight excluding hydrogens is 266 g/mol. The van der Waals surface area contributed by atoms with E-state index >= 15 is 0 Å². The van der Waals surface area contributed by atoms with E-state index in [2.05, 4.69) is 25.3 Å². The number of carboxylic acids is 1. The SMILES string of the molecule is COc1cc(C)nc(NC(=O)c2nc[nH]c2C(=O)O)n1. The summed E-state index contributed by atoms with van der Waals surface area (Å²) >= 11 is 0. The van der Waals surface area contributed by atoms with Crippen LogP contribution in [0.25, 0.3) is 0 Å². The molecule has 2 heterocycles. The molecule has 0 aliphatic heterocycles. The normalized spacial score (nSPS) is 10.1. The number of carbonyl (C=O) groups excluding carboxylic acids is 1. The summed E-state index contributed by atoms with van der Waals surface area (Å²) < 4.78 is 4.95. The lowest BCUT2D eigenvalue weighted by Gasteiger charge is -2.05. The van der Waals surface area contributed by atoms with Gasteiger partial charge in [-0.05, 0) is 6.92 Å². The number of amides is 1. The van der Waals surface area contributed by atoms with Crippen LogP contribution in [0.2, 0.25) is 0 Å². The summed E-state index contributed by atoms with van der Waals surface area (Å²) in [5.41, 5.74) is 0.0383. The molecule has 2 aromatic heterocycles. The van der Waals surface area contributed by atoms with Crippen LogP contribution in [0.15, 0.2) is 12.4 Å². The lowest BCUT2D eigenvalue weighted by Crippen LogP contribution is -2.18. The number of ether oxygens (including phenoxy) is 1. The molecule has 0 spiro atoms. The first kappa shape index (κ1) is 13.5. The minimum Gasteiger partial charge on any atom is -0.481 e. The highest BCUT2D eigenvalue weighted by atomic mass is 16.5. The van der Waals surface area contributed by atoms with Crippen LogP contribution in [0.5, 0.6) is 5.88 Å². The number of hydrogen-bond donors (Lipinski definition) is 3. The number of nitrogens with one attached hydrogen (secondary N) is 2. The van der Waals surface area contributed by atoms with Gasteiger partial charge in [0.15, 0.2) is 11.4 Å². The maximum atomic E-state index is 11.9. The van der Waals surface area contributed by atoms with E-state index in [1.54, 1.807) is 13.0 Å². The predicted molar refractivity (Wildman–Crippen MR) is 66.8 cm³/mol. The first-order valence-electron chi connectivity index (χ1n) is 5.49. The molecule has 0 saturated carbocycles. The van der Waals surface area contributed by atoms with Gasteiger partial charge in [0.25, 0.3) is 5.91 Å². The van der Waals surface area contributed by atoms with Crippen molar-refractivity contribution >= 4 is 17.8 Å². The highest BCUT2D eigenvalue weighted by Gasteiger charge is 2.20. The second kappa shape index (κ2) is 5.34. The van der Waals surface area contributed by atoms with Crippen molar-refractivity contribution in [2.45, 2.75) is 6.92 Å². The van der Waals surface area contributed by atoms with Gasteiger partial charge >= 0.3 is 5.97 Å². The Bertz CT molecular complexity index is 667. The number of imidazole rings is 1. The van der Waals surface area contributed by atoms with Gasteiger partial charge < -0.3 is 14.8 Å². The number of aromatic amines is 1. The third kappa shape index (κ3) is 2.71. The Morgan fingerprint density at radius 1 is 1.40 bits per heavy atom. The Hall–Kier alpha value is -2.97. The number of carboxylic acid groups (broad SMARTS) is 1. The van der Waals surface area contributed by atoms with Crippen molar-refractivity contribution in [3.8, 4) is 5.88 Å². The van der Waals surface area contributed by atoms with Crippen molar-refractivity contribution in [3.05, 3.63) is 29.5 Å². The van der Waals surface area contributed by atoms with Crippen molar-refractivity contribution < 1.29 is 19.4 Å². The van der Waals surface area contributed by atoms with Gasteiger partial charge in [-0.3, -0.25) is 10.1 Å². The lowest BCUT2D eigenvalue weighted by atomic mass is 10.3. The van der Waals surface area contributed by atoms with Crippen molar-refractivity contribution in [1.82, 2.24) is 19.9 Å². The molecule has 9 heteroatoms. The molecule has 0 aliphatic rings. The molecule has 0 bridgehead atoms. The van der Waals surface area contributed by atoms with Gasteiger partial charge in [-0.25, -0.2) is 14.8 Å². The summed E-state index contributed by atoms with van der Waals surface area (Å²) in [6, 6.07) is 1.59. The molecule has 0 fully saturated rings. The fourth-order valence-corrected chi connectivity index (χ4v) is 1.49. The molecule has 0 atom stereocenters. The smallest absolute Gasteiger partial charge is 0.354 e. The van der Waals surface area contributed by atoms with Crippen molar-refractivity contribution in [3.63, 3.8) is 0 Å². The Morgan fingerprint density at radius 2 is 2.15 bits per heavy atom. The van der Waals surface area contributed by atoms with Crippen molar-refractivity contribution in [2.75, 3.05) is 12.4 Å². The van der Waals surface area contributed by atoms with E-state index < -0.39 is 11.9 Å². The van der Waals surface area contributed by atoms with Gasteiger partial charge in [0.05, 0.1) is 13.4 Å². The van der Waals surface area contributed by atoms with E-state index in [0.29, 0.717) is 5.69 Å². The Balaban J connectivity index is 2.25. The maximum Gasteiger partial charge on any atom is 0.354 e. The molecule has 0 unspecified atom stereocenters. The van der Waals surface area contributed by atoms with E-state index in [0.717, 1.165) is 6.33 Å². The largest absolute Gasteiger partial charge is 0.481 e. The van der Waals surface area contributed by atoms with Crippen LogP contribution >= 0.6 is 0 Å². The van der Waals surface area contributed by atoms with Crippen LogP contribution in [0, 0.1) is 6.92 Å². The first-order chi connectivity index (χ1) is 9.51. The summed E-state index contributed by atoms with van der Waals surface area (Å²) in [5.74, 6) is -1.72. The molecule has 9 nitrogen and oxygen atoms in total. The summed E-state index contributed by atoms with van der Waals surface area (Å²) in [6.07, 6.45) is 1.12. The monoisotopic (exact) mass is 277 g/mol. The van der Waals surface area contributed by atoms with Crippen LogP contribution in [0.4, 0.5) is 5.95 Å². The van der Waals surface area contributed by atoms with Gasteiger partial charge in [-0.1, -0.05) is 0 Å². The third-order valence-electron chi connectivity index (χ3n) is 2.33. The number of aryl methyl sites for hydroxylation is 1. The molecule has 104 valence electrons. The molecular formula is C11H11N5O4. The molecule has 2 aromatic rings. The van der Waals surface area contributed by atoms with Gasteiger partial charge in [0, 0.05) is 11.8 Å². The number of carbonyl (C=O) groups is 2. The molecule has 0 radical (unpaired) electrons. The van der Waals surface area contributed by atoms with Gasteiger partial charge in [0.1, 0.15) is 0 Å². The zero-order valence-electron chi connectivity index (χ0n) is 10.7. The third-order valence-corrected chi connectivity index (χ3v) is 2.33.